The van der Waals surface area contributed by atoms with Gasteiger partial charge in [-0.1, -0.05) is 30.3 Å². The van der Waals surface area contributed by atoms with E-state index in [9.17, 15) is 9.59 Å². The van der Waals surface area contributed by atoms with Crippen LogP contribution in [0.1, 0.15) is 24.5 Å². The monoisotopic (exact) mass is 441 g/mol. The number of benzene rings is 3. The first-order valence-corrected chi connectivity index (χ1v) is 10.9. The topological polar surface area (TPSA) is 83.2 Å². The van der Waals surface area contributed by atoms with Crippen LogP contribution in [0.2, 0.25) is 0 Å². The van der Waals surface area contributed by atoms with E-state index in [1.54, 1.807) is 7.11 Å². The van der Waals surface area contributed by atoms with Crippen molar-refractivity contribution < 1.29 is 14.3 Å². The summed E-state index contributed by atoms with van der Waals surface area (Å²) in [7, 11) is 1.65. The molecule has 0 fully saturated rings. The number of aromatic nitrogens is 1. The summed E-state index contributed by atoms with van der Waals surface area (Å²) in [4.78, 5) is 27.4. The number of nitrogens with one attached hydrogen (secondary N) is 3. The average molecular weight is 442 g/mol. The molecule has 0 bridgehead atoms. The second-order valence-corrected chi connectivity index (χ2v) is 7.91. The molecule has 4 rings (SSSR count). The van der Waals surface area contributed by atoms with Gasteiger partial charge in [0, 0.05) is 42.2 Å². The molecule has 6 nitrogen and oxygen atoms in total. The highest BCUT2D eigenvalue weighted by Crippen LogP contribution is 2.32. The number of para-hydroxylation sites is 1. The van der Waals surface area contributed by atoms with Crippen molar-refractivity contribution in [3.63, 3.8) is 0 Å². The maximum atomic E-state index is 12.6. The molecule has 1 heterocycles. The average Bonchev–Trinajstić information content (AvgIpc) is 3.20. The first-order chi connectivity index (χ1) is 16.0. The first kappa shape index (κ1) is 22.1. The Morgan fingerprint density at radius 1 is 0.970 bits per heavy atom. The molecule has 0 aliphatic rings. The standard InChI is InChI=1S/C27H27N3O3/c1-18(31)29-21-7-5-6-19(16-21)17-28-26(32)15-14-24-23-8-3-4-9-25(23)30-27(24)20-10-12-22(33-2)13-11-20/h3-13,16,30H,14-15,17H2,1-2H3,(H,28,32)(H,29,31). The van der Waals surface area contributed by atoms with Gasteiger partial charge < -0.3 is 20.4 Å². The Morgan fingerprint density at radius 2 is 1.76 bits per heavy atom. The predicted molar refractivity (Wildman–Crippen MR) is 131 cm³/mol. The van der Waals surface area contributed by atoms with Crippen molar-refractivity contribution in [1.82, 2.24) is 10.3 Å². The van der Waals surface area contributed by atoms with Gasteiger partial charge in [0.25, 0.3) is 0 Å². The number of aromatic amines is 1. The third-order valence-corrected chi connectivity index (χ3v) is 5.53. The number of anilines is 1. The van der Waals surface area contributed by atoms with Gasteiger partial charge in [0.1, 0.15) is 5.75 Å². The molecule has 0 saturated heterocycles. The molecule has 2 amide bonds. The zero-order valence-corrected chi connectivity index (χ0v) is 18.8. The quantitative estimate of drug-likeness (QED) is 0.358. The Morgan fingerprint density at radius 3 is 2.52 bits per heavy atom. The summed E-state index contributed by atoms with van der Waals surface area (Å²) in [6, 6.07) is 23.5. The fourth-order valence-corrected chi connectivity index (χ4v) is 3.95. The van der Waals surface area contributed by atoms with Gasteiger partial charge in [-0.3, -0.25) is 9.59 Å². The van der Waals surface area contributed by atoms with Crippen LogP contribution in [-0.2, 0) is 22.6 Å². The molecular formula is C27H27N3O3. The van der Waals surface area contributed by atoms with Crippen LogP contribution in [-0.4, -0.2) is 23.9 Å². The molecule has 0 aliphatic carbocycles. The van der Waals surface area contributed by atoms with Crippen LogP contribution in [0.5, 0.6) is 5.75 Å². The van der Waals surface area contributed by atoms with Gasteiger partial charge in [-0.25, -0.2) is 0 Å². The maximum absolute atomic E-state index is 12.6. The first-order valence-electron chi connectivity index (χ1n) is 10.9. The lowest BCUT2D eigenvalue weighted by Gasteiger charge is -2.09. The van der Waals surface area contributed by atoms with E-state index in [0.717, 1.165) is 44.7 Å². The summed E-state index contributed by atoms with van der Waals surface area (Å²) in [5, 5.41) is 6.87. The van der Waals surface area contributed by atoms with E-state index in [4.69, 9.17) is 4.74 Å². The molecule has 0 spiro atoms. The minimum Gasteiger partial charge on any atom is -0.497 e. The normalized spacial score (nSPS) is 10.7. The number of fused-ring (bicyclic) bond motifs is 1. The number of rotatable bonds is 8. The number of ether oxygens (including phenoxy) is 1. The van der Waals surface area contributed by atoms with Gasteiger partial charge >= 0.3 is 0 Å². The molecule has 0 atom stereocenters. The molecule has 0 unspecified atom stereocenters. The highest BCUT2D eigenvalue weighted by molar-refractivity contribution is 5.91. The van der Waals surface area contributed by atoms with Crippen LogP contribution in [0.15, 0.2) is 72.8 Å². The highest BCUT2D eigenvalue weighted by Gasteiger charge is 2.14. The zero-order valence-electron chi connectivity index (χ0n) is 18.8. The summed E-state index contributed by atoms with van der Waals surface area (Å²) < 4.78 is 5.28. The molecule has 0 radical (unpaired) electrons. The summed E-state index contributed by atoms with van der Waals surface area (Å²) >= 11 is 0. The summed E-state index contributed by atoms with van der Waals surface area (Å²) in [6.45, 7) is 1.88. The van der Waals surface area contributed by atoms with Gasteiger partial charge in [-0.05, 0) is 65.6 Å². The van der Waals surface area contributed by atoms with Crippen molar-refractivity contribution in [2.45, 2.75) is 26.3 Å². The lowest BCUT2D eigenvalue weighted by Crippen LogP contribution is -2.23. The van der Waals surface area contributed by atoms with E-state index < -0.39 is 0 Å². The maximum Gasteiger partial charge on any atom is 0.221 e. The van der Waals surface area contributed by atoms with E-state index in [0.29, 0.717) is 19.4 Å². The van der Waals surface area contributed by atoms with Crippen molar-refractivity contribution >= 4 is 28.4 Å². The Bertz CT molecular complexity index is 1280. The van der Waals surface area contributed by atoms with Crippen molar-refractivity contribution in [3.05, 3.63) is 83.9 Å². The lowest BCUT2D eigenvalue weighted by molar-refractivity contribution is -0.121. The van der Waals surface area contributed by atoms with E-state index in [-0.39, 0.29) is 11.8 Å². The van der Waals surface area contributed by atoms with Crippen molar-refractivity contribution in [1.29, 1.82) is 0 Å². The smallest absolute Gasteiger partial charge is 0.221 e. The van der Waals surface area contributed by atoms with Gasteiger partial charge in [-0.15, -0.1) is 0 Å². The number of carbonyl (C=O) groups is 2. The number of amides is 2. The predicted octanol–water partition coefficient (Wildman–Crippen LogP) is 5.05. The Labute approximate surface area is 193 Å². The molecule has 4 aromatic rings. The molecular weight excluding hydrogens is 414 g/mol. The van der Waals surface area contributed by atoms with Crippen LogP contribution in [0, 0.1) is 0 Å². The van der Waals surface area contributed by atoms with Gasteiger partial charge in [0.2, 0.25) is 11.8 Å². The molecule has 1 aromatic heterocycles. The summed E-state index contributed by atoms with van der Waals surface area (Å²) in [5.41, 5.74) is 5.90. The minimum atomic E-state index is -0.123. The number of methoxy groups -OCH3 is 1. The van der Waals surface area contributed by atoms with Gasteiger partial charge in [0.05, 0.1) is 7.11 Å². The number of aryl methyl sites for hydroxylation is 1. The van der Waals surface area contributed by atoms with Gasteiger partial charge in [-0.2, -0.15) is 0 Å². The summed E-state index contributed by atoms with van der Waals surface area (Å²) in [6.07, 6.45) is 0.986. The largest absolute Gasteiger partial charge is 0.497 e. The molecule has 6 heteroatoms. The van der Waals surface area contributed by atoms with Crippen molar-refractivity contribution in [2.75, 3.05) is 12.4 Å². The number of hydrogen-bond donors (Lipinski definition) is 3. The van der Waals surface area contributed by atoms with Gasteiger partial charge in [0.15, 0.2) is 0 Å². The fraction of sp³-hybridized carbons (Fsp3) is 0.185. The third-order valence-electron chi connectivity index (χ3n) is 5.53. The number of H-pyrrole nitrogens is 1. The molecule has 0 aliphatic heterocycles. The SMILES string of the molecule is COc1ccc(-c2[nH]c3ccccc3c2CCC(=O)NCc2cccc(NC(C)=O)c2)cc1. The Balaban J connectivity index is 1.46. The highest BCUT2D eigenvalue weighted by atomic mass is 16.5. The second kappa shape index (κ2) is 10.0. The lowest BCUT2D eigenvalue weighted by atomic mass is 10.0. The van der Waals surface area contributed by atoms with Crippen LogP contribution in [0.25, 0.3) is 22.2 Å². The van der Waals surface area contributed by atoms with Crippen LogP contribution < -0.4 is 15.4 Å². The molecule has 3 aromatic carbocycles. The third kappa shape index (κ3) is 5.41. The van der Waals surface area contributed by atoms with Crippen LogP contribution >= 0.6 is 0 Å². The minimum absolute atomic E-state index is 0.0223. The van der Waals surface area contributed by atoms with Crippen LogP contribution in [0.4, 0.5) is 5.69 Å². The molecule has 168 valence electrons. The fourth-order valence-electron chi connectivity index (χ4n) is 3.95. The van der Waals surface area contributed by atoms with E-state index in [1.165, 1.54) is 6.92 Å². The zero-order chi connectivity index (χ0) is 23.2. The number of carbonyl (C=O) groups excluding carboxylic acids is 2. The molecule has 33 heavy (non-hydrogen) atoms. The van der Waals surface area contributed by atoms with E-state index >= 15 is 0 Å². The number of hydrogen-bond acceptors (Lipinski definition) is 3. The second-order valence-electron chi connectivity index (χ2n) is 7.91. The van der Waals surface area contributed by atoms with E-state index in [2.05, 4.69) is 21.7 Å². The Kier molecular flexibility index (Phi) is 6.74. The van der Waals surface area contributed by atoms with Crippen molar-refractivity contribution in [2.24, 2.45) is 0 Å². The van der Waals surface area contributed by atoms with Crippen molar-refractivity contribution in [3.8, 4) is 17.0 Å². The molecule has 3 N–H and O–H groups in total. The van der Waals surface area contributed by atoms with E-state index in [1.807, 2.05) is 66.7 Å². The van der Waals surface area contributed by atoms with Crippen LogP contribution in [0.3, 0.4) is 0 Å². The molecule has 0 saturated carbocycles. The Hall–Kier alpha value is -4.06. The summed E-state index contributed by atoms with van der Waals surface area (Å²) in [5.74, 6) is 0.659.